The van der Waals surface area contributed by atoms with Crippen molar-refractivity contribution in [2.75, 3.05) is 0 Å². The van der Waals surface area contributed by atoms with Crippen molar-refractivity contribution in [3.8, 4) is 124 Å². The molecule has 0 aliphatic rings. The van der Waals surface area contributed by atoms with Crippen molar-refractivity contribution in [1.82, 2.24) is 37.4 Å². The van der Waals surface area contributed by atoms with Gasteiger partial charge in [-0.05, 0) is 261 Å². The molecule has 0 radical (unpaired) electrons. The molecule has 0 fully saturated rings. The van der Waals surface area contributed by atoms with Gasteiger partial charge in [0, 0.05) is 115 Å². The number of rotatable bonds is 14. The predicted octanol–water partition coefficient (Wildman–Crippen LogP) is 33.5. The Hall–Kier alpha value is -18.2. The van der Waals surface area contributed by atoms with Gasteiger partial charge in [0.05, 0.1) is 77.4 Å². The standard InChI is InChI=1S/C128H80N8/c1-7-30-81(31-8-1)98-47-29-48-99(82-32-9-2-10-33-82)126(98)127-104-46-19-24-49-113(104)129-128(130-127)91-70-96(135-122-66-58-87(83-54-62-118-105(72-83)100-42-20-25-50-114(100)131(118)92-34-11-3-12-35-92)76-109(122)110-77-88(59-67-123(110)135)84-55-63-119-106(73-84)101-43-21-26-51-115(101)132(119)93-36-13-4-14-37-93)80-97(71-91)136-124-68-60-89(85-56-64-120-107(74-85)102-44-22-27-52-116(102)133(120)94-38-15-5-16-39-94)78-111(124)112-79-90(61-69-125(112)136)86-57-65-121-108(75-86)103-45-23-28-53-117(103)134(121)95-40-17-6-18-41-95/h1-80H. The molecule has 8 heteroatoms. The van der Waals surface area contributed by atoms with E-state index in [1.165, 1.54) is 65.2 Å². The maximum Gasteiger partial charge on any atom is 0.160 e. The third-order valence-corrected chi connectivity index (χ3v) is 28.4. The van der Waals surface area contributed by atoms with Gasteiger partial charge in [0.1, 0.15) is 0 Å². The fraction of sp³-hybridized carbons (Fsp3) is 0. The highest BCUT2D eigenvalue weighted by Crippen LogP contribution is 2.49. The van der Waals surface area contributed by atoms with Gasteiger partial charge < -0.3 is 27.4 Å². The summed E-state index contributed by atoms with van der Waals surface area (Å²) in [5, 5.41) is 15.0. The molecule has 136 heavy (non-hydrogen) atoms. The number of hydrogen-bond acceptors (Lipinski definition) is 2. The van der Waals surface area contributed by atoms with Crippen LogP contribution in [0.5, 0.6) is 0 Å². The highest BCUT2D eigenvalue weighted by Gasteiger charge is 2.27. The fourth-order valence-electron chi connectivity index (χ4n) is 22.3. The van der Waals surface area contributed by atoms with E-state index in [4.69, 9.17) is 9.97 Å². The maximum atomic E-state index is 6.09. The summed E-state index contributed by atoms with van der Waals surface area (Å²) in [4.78, 5) is 11.9. The molecule has 0 saturated carbocycles. The summed E-state index contributed by atoms with van der Waals surface area (Å²) in [5.74, 6) is 0.593. The first-order valence-electron chi connectivity index (χ1n) is 46.7. The summed E-state index contributed by atoms with van der Waals surface area (Å²) < 4.78 is 14.6. The van der Waals surface area contributed by atoms with Crippen LogP contribution in [-0.4, -0.2) is 37.4 Å². The lowest BCUT2D eigenvalue weighted by molar-refractivity contribution is 1.13. The van der Waals surface area contributed by atoms with Gasteiger partial charge in [0.2, 0.25) is 0 Å². The molecule has 0 bridgehead atoms. The molecule has 28 rings (SSSR count). The van der Waals surface area contributed by atoms with E-state index in [0.717, 1.165) is 194 Å². The molecule has 0 atom stereocenters. The predicted molar refractivity (Wildman–Crippen MR) is 569 cm³/mol. The number of para-hydroxylation sites is 9. The van der Waals surface area contributed by atoms with Gasteiger partial charge in [0.25, 0.3) is 0 Å². The summed E-state index contributed by atoms with van der Waals surface area (Å²) >= 11 is 0. The summed E-state index contributed by atoms with van der Waals surface area (Å²) in [6.45, 7) is 0. The summed E-state index contributed by atoms with van der Waals surface area (Å²) in [6, 6.07) is 179. The van der Waals surface area contributed by atoms with Crippen LogP contribution < -0.4 is 0 Å². The first kappa shape index (κ1) is 76.6. The Balaban J connectivity index is 0.709. The monoisotopic (exact) mass is 1730 g/mol. The Morgan fingerprint density at radius 2 is 0.360 bits per heavy atom. The minimum absolute atomic E-state index is 0.593. The lowest BCUT2D eigenvalue weighted by atomic mass is 9.88. The normalized spacial score (nSPS) is 12.0. The van der Waals surface area contributed by atoms with Crippen LogP contribution in [0.15, 0.2) is 485 Å². The van der Waals surface area contributed by atoms with Gasteiger partial charge in [-0.25, -0.2) is 9.97 Å². The van der Waals surface area contributed by atoms with Crippen molar-refractivity contribution in [1.29, 1.82) is 0 Å². The number of aromatic nitrogens is 8. The van der Waals surface area contributed by atoms with E-state index in [1.807, 2.05) is 0 Å². The third-order valence-electron chi connectivity index (χ3n) is 28.4. The van der Waals surface area contributed by atoms with Crippen molar-refractivity contribution in [2.24, 2.45) is 0 Å². The topological polar surface area (TPSA) is 55.4 Å². The van der Waals surface area contributed by atoms with Crippen molar-refractivity contribution < 1.29 is 0 Å². The van der Waals surface area contributed by atoms with E-state index in [2.05, 4.69) is 513 Å². The number of nitrogens with zero attached hydrogens (tertiary/aromatic N) is 8. The van der Waals surface area contributed by atoms with Crippen molar-refractivity contribution in [2.45, 2.75) is 0 Å². The number of fused-ring (bicyclic) bond motifs is 19. The molecule has 28 aromatic rings. The van der Waals surface area contributed by atoms with Gasteiger partial charge in [-0.1, -0.05) is 291 Å². The third kappa shape index (κ3) is 12.1. The van der Waals surface area contributed by atoms with Crippen LogP contribution in [0, 0.1) is 0 Å². The van der Waals surface area contributed by atoms with Gasteiger partial charge in [-0.15, -0.1) is 0 Å². The Bertz CT molecular complexity index is 8840. The van der Waals surface area contributed by atoms with Gasteiger partial charge in [-0.2, -0.15) is 0 Å². The molecule has 21 aromatic carbocycles. The van der Waals surface area contributed by atoms with Crippen LogP contribution in [0.3, 0.4) is 0 Å². The highest BCUT2D eigenvalue weighted by atomic mass is 15.0. The highest BCUT2D eigenvalue weighted by molar-refractivity contribution is 6.19. The molecule has 0 N–H and O–H groups in total. The van der Waals surface area contributed by atoms with Crippen LogP contribution >= 0.6 is 0 Å². The van der Waals surface area contributed by atoms with Crippen molar-refractivity contribution >= 4 is 142 Å². The van der Waals surface area contributed by atoms with Crippen LogP contribution in [0.1, 0.15) is 0 Å². The Labute approximate surface area is 782 Å². The molecule has 0 amide bonds. The van der Waals surface area contributed by atoms with Gasteiger partial charge >= 0.3 is 0 Å². The lowest BCUT2D eigenvalue weighted by Gasteiger charge is -2.19. The molecule has 0 aliphatic carbocycles. The van der Waals surface area contributed by atoms with Crippen LogP contribution in [-0.2, 0) is 0 Å². The second-order valence-electron chi connectivity index (χ2n) is 35.9. The average Bonchev–Trinajstić information content (AvgIpc) is 1.52. The molecule has 7 heterocycles. The zero-order chi connectivity index (χ0) is 89.2. The molecule has 632 valence electrons. The fourth-order valence-corrected chi connectivity index (χ4v) is 22.3. The van der Waals surface area contributed by atoms with Gasteiger partial charge in [0.15, 0.2) is 5.82 Å². The molecule has 0 aliphatic heterocycles. The largest absolute Gasteiger partial charge is 0.309 e. The lowest BCUT2D eigenvalue weighted by Crippen LogP contribution is -2.02. The SMILES string of the molecule is c1ccc(-c2cccc(-c3ccccc3)c2-c2nc(-c3cc(-n4c5ccc(-c6ccc7c(c6)c6ccccc6n7-c6ccccc6)cc5c5cc(-c6ccc7c(c6)c6ccccc6n7-c6ccccc6)ccc54)cc(-n4c5ccc(-c6ccc7c(c6)c6ccccc6n7-c6ccccc6)cc5c5cc(-c6ccc7c(c6)c6ccccc6n7-c6ccccc6)ccc54)c3)nc3ccccc23)cc1. The molecule has 0 unspecified atom stereocenters. The zero-order valence-electron chi connectivity index (χ0n) is 73.8. The molecule has 0 spiro atoms. The van der Waals surface area contributed by atoms with Crippen LogP contribution in [0.25, 0.3) is 265 Å². The van der Waals surface area contributed by atoms with Crippen LogP contribution in [0.2, 0.25) is 0 Å². The van der Waals surface area contributed by atoms with E-state index in [0.29, 0.717) is 5.82 Å². The molecule has 0 saturated heterocycles. The minimum Gasteiger partial charge on any atom is -0.309 e. The summed E-state index contributed by atoms with van der Waals surface area (Å²) in [7, 11) is 0. The Kier molecular flexibility index (Phi) is 17.3. The second-order valence-corrected chi connectivity index (χ2v) is 35.9. The Morgan fingerprint density at radius 3 is 0.647 bits per heavy atom. The van der Waals surface area contributed by atoms with E-state index in [-0.39, 0.29) is 0 Å². The quantitative estimate of drug-likeness (QED) is 0.109. The molecular weight excluding hydrogens is 1650 g/mol. The Morgan fingerprint density at radius 1 is 0.132 bits per heavy atom. The first-order chi connectivity index (χ1) is 67.4. The molecule has 8 nitrogen and oxygen atoms in total. The zero-order valence-corrected chi connectivity index (χ0v) is 73.8. The van der Waals surface area contributed by atoms with Crippen LogP contribution in [0.4, 0.5) is 0 Å². The van der Waals surface area contributed by atoms with Crippen molar-refractivity contribution in [3.05, 3.63) is 485 Å². The minimum atomic E-state index is 0.593. The first-order valence-corrected chi connectivity index (χ1v) is 46.7. The van der Waals surface area contributed by atoms with E-state index < -0.39 is 0 Å². The van der Waals surface area contributed by atoms with Gasteiger partial charge in [-0.3, -0.25) is 0 Å². The average molecular weight is 1730 g/mol. The van der Waals surface area contributed by atoms with E-state index in [1.54, 1.807) is 0 Å². The van der Waals surface area contributed by atoms with E-state index in [9.17, 15) is 0 Å². The molecular formula is C128H80N8. The summed E-state index contributed by atoms with van der Waals surface area (Å²) in [5.41, 5.74) is 36.8. The maximum absolute atomic E-state index is 6.09. The number of hydrogen-bond donors (Lipinski definition) is 0. The number of benzene rings is 21. The second kappa shape index (κ2) is 30.7. The van der Waals surface area contributed by atoms with E-state index >= 15 is 0 Å². The van der Waals surface area contributed by atoms with Crippen molar-refractivity contribution in [3.63, 3.8) is 0 Å². The smallest absolute Gasteiger partial charge is 0.160 e. The summed E-state index contributed by atoms with van der Waals surface area (Å²) in [6.07, 6.45) is 0. The molecule has 7 aromatic heterocycles.